The second kappa shape index (κ2) is 6.21. The van der Waals surface area contributed by atoms with Crippen LogP contribution in [0.3, 0.4) is 0 Å². The number of hydrogen-bond acceptors (Lipinski definition) is 5. The van der Waals surface area contributed by atoms with Crippen molar-refractivity contribution < 1.29 is 22.7 Å². The van der Waals surface area contributed by atoms with Gasteiger partial charge in [-0.1, -0.05) is 12.1 Å². The molecule has 3 rings (SSSR count). The van der Waals surface area contributed by atoms with Crippen molar-refractivity contribution in [2.45, 2.75) is 24.8 Å². The highest BCUT2D eigenvalue weighted by molar-refractivity contribution is 7.92. The van der Waals surface area contributed by atoms with E-state index in [-0.39, 0.29) is 22.3 Å². The number of fused-ring (bicyclic) bond motifs is 1. The van der Waals surface area contributed by atoms with E-state index < -0.39 is 16.1 Å². The number of sulfonamides is 1. The molecule has 25 heavy (non-hydrogen) atoms. The van der Waals surface area contributed by atoms with Crippen molar-refractivity contribution in [3.8, 4) is 5.75 Å². The molecule has 2 aromatic rings. The maximum atomic E-state index is 12.5. The zero-order valence-electron chi connectivity index (χ0n) is 13.6. The first-order chi connectivity index (χ1) is 11.8. The van der Waals surface area contributed by atoms with Gasteiger partial charge in [-0.15, -0.1) is 0 Å². The van der Waals surface area contributed by atoms with Crippen LogP contribution < -0.4 is 14.8 Å². The lowest BCUT2D eigenvalue weighted by atomic mass is 10.2. The molecule has 1 heterocycles. The Bertz CT molecular complexity index is 952. The van der Waals surface area contributed by atoms with Crippen LogP contribution >= 0.6 is 0 Å². The molecule has 1 aliphatic rings. The van der Waals surface area contributed by atoms with Crippen LogP contribution in [0.25, 0.3) is 0 Å². The summed E-state index contributed by atoms with van der Waals surface area (Å²) in [5.41, 5.74) is 1.12. The van der Waals surface area contributed by atoms with Crippen molar-refractivity contribution in [2.24, 2.45) is 0 Å². The summed E-state index contributed by atoms with van der Waals surface area (Å²) in [6.07, 6.45) is -0.602. The molecule has 2 N–H and O–H groups in total. The number of carbonyl (C=O) groups excluding carboxylic acids is 2. The Balaban J connectivity index is 1.85. The van der Waals surface area contributed by atoms with Gasteiger partial charge in [0, 0.05) is 5.56 Å². The van der Waals surface area contributed by atoms with Crippen molar-refractivity contribution in [1.82, 2.24) is 0 Å². The van der Waals surface area contributed by atoms with Gasteiger partial charge in [0.15, 0.2) is 11.9 Å². The van der Waals surface area contributed by atoms with Crippen molar-refractivity contribution in [1.29, 1.82) is 0 Å². The van der Waals surface area contributed by atoms with E-state index in [1.165, 1.54) is 37.3 Å². The topological polar surface area (TPSA) is 102 Å². The Hall–Kier alpha value is -2.87. The van der Waals surface area contributed by atoms with E-state index in [2.05, 4.69) is 10.0 Å². The summed E-state index contributed by atoms with van der Waals surface area (Å²) in [7, 11) is -3.82. The van der Waals surface area contributed by atoms with Crippen LogP contribution in [-0.2, 0) is 14.8 Å². The summed E-state index contributed by atoms with van der Waals surface area (Å²) in [5.74, 6) is 0.0322. The van der Waals surface area contributed by atoms with Crippen LogP contribution in [-0.4, -0.2) is 26.2 Å². The minimum atomic E-state index is -3.82. The van der Waals surface area contributed by atoms with Crippen LogP contribution in [0.2, 0.25) is 0 Å². The number of anilines is 2. The highest BCUT2D eigenvalue weighted by Gasteiger charge is 2.24. The standard InChI is InChI=1S/C17H16N2O5S/c1-10(20)12-3-6-14(7-4-12)25(22,23)19-13-5-8-16-15(9-13)18-17(21)11(2)24-16/h3-9,11,19H,1-2H3,(H,18,21)/t11-/m1/s1. The lowest BCUT2D eigenvalue weighted by molar-refractivity contribution is -0.122. The van der Waals surface area contributed by atoms with Gasteiger partial charge in [0.05, 0.1) is 16.3 Å². The molecule has 0 aromatic heterocycles. The monoisotopic (exact) mass is 360 g/mol. The zero-order valence-corrected chi connectivity index (χ0v) is 14.4. The van der Waals surface area contributed by atoms with Crippen molar-refractivity contribution in [2.75, 3.05) is 10.0 Å². The first-order valence-corrected chi connectivity index (χ1v) is 9.00. The molecule has 0 saturated heterocycles. The van der Waals surface area contributed by atoms with Gasteiger partial charge < -0.3 is 10.1 Å². The Morgan fingerprint density at radius 2 is 1.84 bits per heavy atom. The molecule has 7 nitrogen and oxygen atoms in total. The fraction of sp³-hybridized carbons (Fsp3) is 0.176. The molecule has 1 atom stereocenters. The summed E-state index contributed by atoms with van der Waals surface area (Å²) in [5, 5.41) is 2.66. The van der Waals surface area contributed by atoms with Crippen LogP contribution in [0.1, 0.15) is 24.2 Å². The first kappa shape index (κ1) is 17.0. The summed E-state index contributed by atoms with van der Waals surface area (Å²) >= 11 is 0. The molecular formula is C17H16N2O5S. The number of ether oxygens (including phenoxy) is 1. The largest absolute Gasteiger partial charge is 0.479 e. The Morgan fingerprint density at radius 3 is 2.48 bits per heavy atom. The predicted molar refractivity (Wildman–Crippen MR) is 92.4 cm³/mol. The van der Waals surface area contributed by atoms with E-state index in [1.54, 1.807) is 19.1 Å². The third kappa shape index (κ3) is 3.48. The summed E-state index contributed by atoms with van der Waals surface area (Å²) in [6, 6.07) is 10.3. The molecule has 2 aromatic carbocycles. The fourth-order valence-corrected chi connectivity index (χ4v) is 3.40. The average Bonchev–Trinajstić information content (AvgIpc) is 2.56. The van der Waals surface area contributed by atoms with Gasteiger partial charge in [-0.3, -0.25) is 14.3 Å². The number of nitrogens with one attached hydrogen (secondary N) is 2. The SMILES string of the molecule is CC(=O)c1ccc(S(=O)(=O)Nc2ccc3c(c2)NC(=O)[C@@H](C)O3)cc1. The molecular weight excluding hydrogens is 344 g/mol. The molecule has 0 unspecified atom stereocenters. The number of carbonyl (C=O) groups is 2. The maximum Gasteiger partial charge on any atom is 0.265 e. The number of benzene rings is 2. The van der Waals surface area contributed by atoms with E-state index in [1.807, 2.05) is 0 Å². The third-order valence-electron chi connectivity index (χ3n) is 3.73. The maximum absolute atomic E-state index is 12.5. The van der Waals surface area contributed by atoms with Crippen molar-refractivity contribution in [3.05, 3.63) is 48.0 Å². The number of hydrogen-bond donors (Lipinski definition) is 2. The second-order valence-electron chi connectivity index (χ2n) is 5.65. The normalized spacial score (nSPS) is 16.4. The highest BCUT2D eigenvalue weighted by atomic mass is 32.2. The quantitative estimate of drug-likeness (QED) is 0.815. The van der Waals surface area contributed by atoms with Gasteiger partial charge in [-0.25, -0.2) is 8.42 Å². The lowest BCUT2D eigenvalue weighted by Crippen LogP contribution is -2.34. The molecule has 0 bridgehead atoms. The van der Waals surface area contributed by atoms with E-state index in [4.69, 9.17) is 4.74 Å². The second-order valence-corrected chi connectivity index (χ2v) is 7.33. The molecule has 0 fully saturated rings. The molecule has 1 aliphatic heterocycles. The van der Waals surface area contributed by atoms with Crippen LogP contribution in [0.4, 0.5) is 11.4 Å². The van der Waals surface area contributed by atoms with Gasteiger partial charge >= 0.3 is 0 Å². The first-order valence-electron chi connectivity index (χ1n) is 7.52. The number of rotatable bonds is 4. The van der Waals surface area contributed by atoms with Gasteiger partial charge in [0.25, 0.3) is 15.9 Å². The predicted octanol–water partition coefficient (Wildman–Crippen LogP) is 2.41. The molecule has 0 saturated carbocycles. The minimum Gasteiger partial charge on any atom is -0.479 e. The summed E-state index contributed by atoms with van der Waals surface area (Å²) < 4.78 is 32.8. The summed E-state index contributed by atoms with van der Waals surface area (Å²) in [6.45, 7) is 3.03. The van der Waals surface area contributed by atoms with E-state index in [0.717, 1.165) is 0 Å². The van der Waals surface area contributed by atoms with Crippen LogP contribution in [0.5, 0.6) is 5.75 Å². The zero-order chi connectivity index (χ0) is 18.2. The Morgan fingerprint density at radius 1 is 1.16 bits per heavy atom. The Labute approximate surface area is 145 Å². The molecule has 130 valence electrons. The highest BCUT2D eigenvalue weighted by Crippen LogP contribution is 2.32. The van der Waals surface area contributed by atoms with Gasteiger partial charge in [0.1, 0.15) is 5.75 Å². The van der Waals surface area contributed by atoms with E-state index in [0.29, 0.717) is 17.0 Å². The Kier molecular flexibility index (Phi) is 4.22. The van der Waals surface area contributed by atoms with Gasteiger partial charge in [0.2, 0.25) is 0 Å². The molecule has 8 heteroatoms. The number of ketones is 1. The van der Waals surface area contributed by atoms with E-state index in [9.17, 15) is 18.0 Å². The van der Waals surface area contributed by atoms with Crippen LogP contribution in [0, 0.1) is 0 Å². The third-order valence-corrected chi connectivity index (χ3v) is 5.13. The average molecular weight is 360 g/mol. The van der Waals surface area contributed by atoms with E-state index >= 15 is 0 Å². The molecule has 0 spiro atoms. The van der Waals surface area contributed by atoms with Crippen LogP contribution in [0.15, 0.2) is 47.4 Å². The summed E-state index contributed by atoms with van der Waals surface area (Å²) in [4.78, 5) is 23.0. The number of Topliss-reactive ketones (excluding diaryl/α,β-unsaturated/α-hetero) is 1. The number of amides is 1. The molecule has 1 amide bonds. The van der Waals surface area contributed by atoms with Crippen molar-refractivity contribution in [3.63, 3.8) is 0 Å². The van der Waals surface area contributed by atoms with Gasteiger partial charge in [-0.05, 0) is 44.2 Å². The fourth-order valence-electron chi connectivity index (χ4n) is 2.36. The van der Waals surface area contributed by atoms with Gasteiger partial charge in [-0.2, -0.15) is 0 Å². The minimum absolute atomic E-state index is 0.0316. The van der Waals surface area contributed by atoms with Crippen molar-refractivity contribution >= 4 is 33.1 Å². The lowest BCUT2D eigenvalue weighted by Gasteiger charge is -2.23. The smallest absolute Gasteiger partial charge is 0.265 e. The molecule has 0 radical (unpaired) electrons. The molecule has 0 aliphatic carbocycles.